The van der Waals surface area contributed by atoms with Crippen LogP contribution in [0, 0.1) is 6.92 Å². The van der Waals surface area contributed by atoms with Gasteiger partial charge in [-0.05, 0) is 37.1 Å². The van der Waals surface area contributed by atoms with Gasteiger partial charge in [-0.25, -0.2) is 0 Å². The van der Waals surface area contributed by atoms with E-state index in [1.165, 1.54) is 6.39 Å². The lowest BCUT2D eigenvalue weighted by molar-refractivity contribution is 0.0953. The summed E-state index contributed by atoms with van der Waals surface area (Å²) < 4.78 is 4.64. The summed E-state index contributed by atoms with van der Waals surface area (Å²) in [6, 6.07) is 5.76. The van der Waals surface area contributed by atoms with Crippen LogP contribution in [-0.4, -0.2) is 29.1 Å². The second kappa shape index (κ2) is 7.42. The van der Waals surface area contributed by atoms with E-state index in [1.54, 1.807) is 0 Å². The van der Waals surface area contributed by atoms with Gasteiger partial charge in [0.25, 0.3) is 5.91 Å². The summed E-state index contributed by atoms with van der Waals surface area (Å²) in [6.45, 7) is 5.46. The average Bonchev–Trinajstić information content (AvgIpc) is 2.98. The van der Waals surface area contributed by atoms with Crippen LogP contribution in [0.4, 0.5) is 5.69 Å². The SMILES string of the molecule is CCCNc1ccc(C(=O)NCCc2ncon2)c(C)c1. The highest BCUT2D eigenvalue weighted by Crippen LogP contribution is 2.15. The second-order valence-electron chi connectivity index (χ2n) is 4.81. The quantitative estimate of drug-likeness (QED) is 0.816. The molecule has 0 aliphatic heterocycles. The summed E-state index contributed by atoms with van der Waals surface area (Å²) >= 11 is 0. The van der Waals surface area contributed by atoms with Gasteiger partial charge in [0.1, 0.15) is 0 Å². The van der Waals surface area contributed by atoms with Gasteiger partial charge < -0.3 is 15.2 Å². The van der Waals surface area contributed by atoms with E-state index in [4.69, 9.17) is 0 Å². The van der Waals surface area contributed by atoms with Crippen LogP contribution < -0.4 is 10.6 Å². The molecule has 0 fully saturated rings. The first-order valence-electron chi connectivity index (χ1n) is 7.08. The van der Waals surface area contributed by atoms with Crippen LogP contribution in [0.1, 0.15) is 35.1 Å². The van der Waals surface area contributed by atoms with Crippen LogP contribution in [0.25, 0.3) is 0 Å². The van der Waals surface area contributed by atoms with Gasteiger partial charge in [-0.15, -0.1) is 0 Å². The smallest absolute Gasteiger partial charge is 0.251 e. The molecule has 6 heteroatoms. The van der Waals surface area contributed by atoms with Gasteiger partial charge in [0.05, 0.1) is 0 Å². The number of benzene rings is 1. The van der Waals surface area contributed by atoms with Crippen molar-refractivity contribution in [2.24, 2.45) is 0 Å². The van der Waals surface area contributed by atoms with Crippen molar-refractivity contribution < 1.29 is 9.32 Å². The van der Waals surface area contributed by atoms with E-state index in [9.17, 15) is 4.79 Å². The predicted octanol–water partition coefficient (Wildman–Crippen LogP) is 2.17. The number of carbonyl (C=O) groups excluding carboxylic acids is 1. The Morgan fingerprint density at radius 1 is 1.33 bits per heavy atom. The Hall–Kier alpha value is -2.37. The van der Waals surface area contributed by atoms with Crippen molar-refractivity contribution in [3.63, 3.8) is 0 Å². The first-order valence-corrected chi connectivity index (χ1v) is 7.08. The number of hydrogen-bond donors (Lipinski definition) is 2. The predicted molar refractivity (Wildman–Crippen MR) is 80.3 cm³/mol. The first kappa shape index (κ1) is 15.0. The van der Waals surface area contributed by atoms with E-state index in [0.717, 1.165) is 24.2 Å². The highest BCUT2D eigenvalue weighted by Gasteiger charge is 2.09. The number of amides is 1. The normalized spacial score (nSPS) is 10.4. The molecule has 2 N–H and O–H groups in total. The Bertz CT molecular complexity index is 581. The highest BCUT2D eigenvalue weighted by molar-refractivity contribution is 5.96. The zero-order chi connectivity index (χ0) is 15.1. The molecule has 0 saturated heterocycles. The van der Waals surface area contributed by atoms with Crippen LogP contribution in [-0.2, 0) is 6.42 Å². The van der Waals surface area contributed by atoms with E-state index in [0.29, 0.717) is 24.4 Å². The number of aryl methyl sites for hydroxylation is 1. The first-order chi connectivity index (χ1) is 10.2. The Kier molecular flexibility index (Phi) is 5.31. The van der Waals surface area contributed by atoms with Gasteiger partial charge in [-0.1, -0.05) is 12.1 Å². The molecule has 0 aliphatic rings. The third-order valence-electron chi connectivity index (χ3n) is 3.09. The summed E-state index contributed by atoms with van der Waals surface area (Å²) in [4.78, 5) is 16.0. The zero-order valence-electron chi connectivity index (χ0n) is 12.3. The van der Waals surface area contributed by atoms with Crippen LogP contribution >= 0.6 is 0 Å². The minimum Gasteiger partial charge on any atom is -0.385 e. The Labute approximate surface area is 123 Å². The van der Waals surface area contributed by atoms with Gasteiger partial charge in [0, 0.05) is 30.8 Å². The van der Waals surface area contributed by atoms with Gasteiger partial charge in [-0.3, -0.25) is 4.79 Å². The molecule has 112 valence electrons. The van der Waals surface area contributed by atoms with E-state index < -0.39 is 0 Å². The minimum absolute atomic E-state index is 0.0852. The maximum absolute atomic E-state index is 12.1. The van der Waals surface area contributed by atoms with Gasteiger partial charge in [0.2, 0.25) is 6.39 Å². The lowest BCUT2D eigenvalue weighted by Crippen LogP contribution is -2.26. The standard InChI is InChI=1S/C15H20N4O2/c1-3-7-16-12-4-5-13(11(2)9-12)15(20)17-8-6-14-18-10-21-19-14/h4-5,9-10,16H,3,6-8H2,1-2H3,(H,17,20). The molecule has 21 heavy (non-hydrogen) atoms. The molecule has 1 heterocycles. The lowest BCUT2D eigenvalue weighted by atomic mass is 10.1. The van der Waals surface area contributed by atoms with Crippen molar-refractivity contribution in [3.05, 3.63) is 41.5 Å². The summed E-state index contributed by atoms with van der Waals surface area (Å²) in [5, 5.41) is 9.86. The van der Waals surface area contributed by atoms with Gasteiger partial charge in [-0.2, -0.15) is 4.98 Å². The maximum Gasteiger partial charge on any atom is 0.251 e. The van der Waals surface area contributed by atoms with Crippen molar-refractivity contribution in [1.82, 2.24) is 15.5 Å². The minimum atomic E-state index is -0.0852. The fourth-order valence-corrected chi connectivity index (χ4v) is 1.98. The molecular weight excluding hydrogens is 268 g/mol. The highest BCUT2D eigenvalue weighted by atomic mass is 16.5. The molecule has 0 aliphatic carbocycles. The van der Waals surface area contributed by atoms with Crippen molar-refractivity contribution in [2.75, 3.05) is 18.4 Å². The van der Waals surface area contributed by atoms with Gasteiger partial charge in [0.15, 0.2) is 5.82 Å². The molecule has 2 rings (SSSR count). The van der Waals surface area contributed by atoms with E-state index in [2.05, 4.69) is 32.2 Å². The maximum atomic E-state index is 12.1. The monoisotopic (exact) mass is 288 g/mol. The fraction of sp³-hybridized carbons (Fsp3) is 0.400. The Morgan fingerprint density at radius 3 is 2.86 bits per heavy atom. The molecule has 1 amide bonds. The molecule has 2 aromatic rings. The van der Waals surface area contributed by atoms with Gasteiger partial charge >= 0.3 is 0 Å². The zero-order valence-corrected chi connectivity index (χ0v) is 12.3. The molecule has 6 nitrogen and oxygen atoms in total. The van der Waals surface area contributed by atoms with Crippen LogP contribution in [0.2, 0.25) is 0 Å². The molecule has 0 unspecified atom stereocenters. The number of aromatic nitrogens is 2. The van der Waals surface area contributed by atoms with E-state index >= 15 is 0 Å². The van der Waals surface area contributed by atoms with Crippen molar-refractivity contribution in [1.29, 1.82) is 0 Å². The average molecular weight is 288 g/mol. The molecule has 1 aromatic carbocycles. The molecule has 1 aromatic heterocycles. The number of nitrogens with one attached hydrogen (secondary N) is 2. The number of nitrogens with zero attached hydrogens (tertiary/aromatic N) is 2. The number of carbonyl (C=O) groups is 1. The van der Waals surface area contributed by atoms with Crippen LogP contribution in [0.3, 0.4) is 0 Å². The largest absolute Gasteiger partial charge is 0.385 e. The molecule has 0 atom stereocenters. The van der Waals surface area contributed by atoms with Crippen molar-refractivity contribution in [3.8, 4) is 0 Å². The van der Waals surface area contributed by atoms with Crippen molar-refractivity contribution in [2.45, 2.75) is 26.7 Å². The fourth-order valence-electron chi connectivity index (χ4n) is 1.98. The third-order valence-corrected chi connectivity index (χ3v) is 3.09. The lowest BCUT2D eigenvalue weighted by Gasteiger charge is -2.10. The summed E-state index contributed by atoms with van der Waals surface area (Å²) in [6.07, 6.45) is 2.90. The molecule has 0 radical (unpaired) electrons. The van der Waals surface area contributed by atoms with Crippen molar-refractivity contribution >= 4 is 11.6 Å². The van der Waals surface area contributed by atoms with E-state index in [-0.39, 0.29) is 5.91 Å². The number of hydrogen-bond acceptors (Lipinski definition) is 5. The summed E-state index contributed by atoms with van der Waals surface area (Å²) in [5.74, 6) is 0.504. The Balaban J connectivity index is 1.89. The molecule has 0 saturated carbocycles. The molecular formula is C15H20N4O2. The molecule has 0 bridgehead atoms. The third kappa shape index (κ3) is 4.30. The molecule has 0 spiro atoms. The second-order valence-corrected chi connectivity index (χ2v) is 4.81. The Morgan fingerprint density at radius 2 is 2.19 bits per heavy atom. The summed E-state index contributed by atoms with van der Waals surface area (Å²) in [5.41, 5.74) is 2.68. The topological polar surface area (TPSA) is 80.0 Å². The number of anilines is 1. The summed E-state index contributed by atoms with van der Waals surface area (Å²) in [7, 11) is 0. The van der Waals surface area contributed by atoms with E-state index in [1.807, 2.05) is 25.1 Å². The number of rotatable bonds is 7. The van der Waals surface area contributed by atoms with Crippen LogP contribution in [0.15, 0.2) is 29.1 Å². The van der Waals surface area contributed by atoms with Crippen LogP contribution in [0.5, 0.6) is 0 Å².